The molecule has 2 aromatic heterocycles. The van der Waals surface area contributed by atoms with Crippen LogP contribution in [0.4, 0.5) is 0 Å². The van der Waals surface area contributed by atoms with Crippen LogP contribution in [0.5, 0.6) is 0 Å². The molecule has 0 saturated heterocycles. The summed E-state index contributed by atoms with van der Waals surface area (Å²) >= 11 is 1.86. The molecule has 11 rings (SSSR count). The summed E-state index contributed by atoms with van der Waals surface area (Å²) in [5.74, 6) is 0. The van der Waals surface area contributed by atoms with Crippen LogP contribution < -0.4 is 0 Å². The summed E-state index contributed by atoms with van der Waals surface area (Å²) in [4.78, 5) is 10.3. The molecule has 0 saturated carbocycles. The molecule has 8 aromatic carbocycles. The summed E-state index contributed by atoms with van der Waals surface area (Å²) in [6, 6.07) is 78.1. The maximum absolute atomic E-state index is 5.17. The lowest BCUT2D eigenvalue weighted by Gasteiger charge is -2.11. The highest BCUT2D eigenvalue weighted by atomic mass is 32.1. The maximum Gasteiger partial charge on any atom is 0.0715 e. The van der Waals surface area contributed by atoms with Crippen LogP contribution in [0.25, 0.3) is 87.3 Å². The molecule has 0 aliphatic carbocycles. The van der Waals surface area contributed by atoms with Crippen molar-refractivity contribution < 1.29 is 0 Å². The van der Waals surface area contributed by atoms with Gasteiger partial charge in [-0.3, -0.25) is 0 Å². The molecular weight excluding hydrogens is 769 g/mol. The van der Waals surface area contributed by atoms with E-state index in [2.05, 4.69) is 218 Å². The second kappa shape index (κ2) is 16.4. The molecule has 0 unspecified atom stereocenters. The smallest absolute Gasteiger partial charge is 0.0715 e. The fourth-order valence-corrected chi connectivity index (χ4v) is 9.53. The predicted octanol–water partition coefficient (Wildman–Crippen LogP) is 16.1. The maximum atomic E-state index is 5.17. The number of hydrogen-bond acceptors (Lipinski definition) is 3. The van der Waals surface area contributed by atoms with Crippen LogP contribution in [-0.4, -0.2) is 10.7 Å². The van der Waals surface area contributed by atoms with Gasteiger partial charge in [-0.25, -0.2) is 9.98 Å². The molecule has 0 amide bonds. The van der Waals surface area contributed by atoms with Crippen LogP contribution >= 0.6 is 11.3 Å². The van der Waals surface area contributed by atoms with E-state index in [0.717, 1.165) is 62.6 Å². The molecule has 3 heteroatoms. The molecule has 1 aliphatic rings. The van der Waals surface area contributed by atoms with Crippen molar-refractivity contribution >= 4 is 48.5 Å². The van der Waals surface area contributed by atoms with Crippen molar-refractivity contribution in [3.05, 3.63) is 247 Å². The van der Waals surface area contributed by atoms with E-state index >= 15 is 0 Å². The molecule has 0 fully saturated rings. The van der Waals surface area contributed by atoms with Crippen LogP contribution in [0.15, 0.2) is 236 Å². The zero-order valence-corrected chi connectivity index (χ0v) is 34.8. The second-order valence-corrected chi connectivity index (χ2v) is 16.8. The zero-order valence-electron chi connectivity index (χ0n) is 33.9. The first-order valence-electron chi connectivity index (χ1n) is 21.1. The number of pyridine rings is 1. The number of hydrogen-bond donors (Lipinski definition) is 0. The second-order valence-electron chi connectivity index (χ2n) is 15.7. The molecule has 0 radical (unpaired) electrons. The molecule has 3 heterocycles. The quantitative estimate of drug-likeness (QED) is 0.150. The Labute approximate surface area is 366 Å². The SMILES string of the molecule is C1=C(c2ccc(-c3ccc4sc5ccc(-c6ccc(-c7cc(-c8ccccc8)nc(-c8ccccc8)c7)cc6)cc5c4c3)cc2)CC=C(c2ccccc2)N=C1c1ccccc1. The van der Waals surface area contributed by atoms with Crippen LogP contribution in [0.2, 0.25) is 0 Å². The topological polar surface area (TPSA) is 25.2 Å². The van der Waals surface area contributed by atoms with E-state index < -0.39 is 0 Å². The minimum absolute atomic E-state index is 0.801. The molecule has 0 bridgehead atoms. The number of aliphatic imine (C=N–C) groups is 1. The number of thiophene rings is 1. The zero-order chi connectivity index (χ0) is 41.2. The molecule has 1 aliphatic heterocycles. The Bertz CT molecular complexity index is 3250. The van der Waals surface area contributed by atoms with Crippen molar-refractivity contribution in [2.24, 2.45) is 4.99 Å². The van der Waals surface area contributed by atoms with E-state index in [9.17, 15) is 0 Å². The third kappa shape index (κ3) is 7.51. The Balaban J connectivity index is 0.887. The van der Waals surface area contributed by atoms with Crippen LogP contribution in [0, 0.1) is 0 Å². The van der Waals surface area contributed by atoms with Crippen molar-refractivity contribution in [2.75, 3.05) is 0 Å². The van der Waals surface area contributed by atoms with Crippen molar-refractivity contribution in [1.82, 2.24) is 4.98 Å². The minimum atomic E-state index is 0.801. The Morgan fingerprint density at radius 1 is 0.339 bits per heavy atom. The fraction of sp³-hybridized carbons (Fsp3) is 0.0169. The van der Waals surface area contributed by atoms with E-state index in [1.165, 1.54) is 53.6 Å². The van der Waals surface area contributed by atoms with Gasteiger partial charge in [-0.2, -0.15) is 0 Å². The normalized spacial score (nSPS) is 12.7. The first-order valence-corrected chi connectivity index (χ1v) is 21.9. The Hall–Kier alpha value is -7.72. The van der Waals surface area contributed by atoms with Gasteiger partial charge in [0.15, 0.2) is 0 Å². The highest BCUT2D eigenvalue weighted by Crippen LogP contribution is 2.40. The third-order valence-electron chi connectivity index (χ3n) is 11.8. The first kappa shape index (κ1) is 37.3. The number of fused-ring (bicyclic) bond motifs is 3. The standard InChI is InChI=1S/C59H40N2S/c1-5-13-44(14-6-1)54-32-29-50(37-55(60-54)45-15-7-2-8-16-45)42-23-21-40(22-24-42)48-30-33-58-52(35-48)53-36-49(31-34-59(53)62-58)41-25-27-43(28-26-41)51-38-56(46-17-9-3-10-18-46)61-57(39-51)47-19-11-4-12-20-47/h1-28,30-39H,29H2. The van der Waals surface area contributed by atoms with Crippen LogP contribution in [0.1, 0.15) is 23.1 Å². The molecular formula is C59H40N2S. The third-order valence-corrected chi connectivity index (χ3v) is 12.9. The van der Waals surface area contributed by atoms with Crippen molar-refractivity contribution in [1.29, 1.82) is 0 Å². The number of aromatic nitrogens is 1. The number of allylic oxidation sites excluding steroid dienone is 3. The average molecular weight is 809 g/mol. The average Bonchev–Trinajstić information content (AvgIpc) is 3.57. The number of rotatable bonds is 8. The minimum Gasteiger partial charge on any atom is -0.248 e. The van der Waals surface area contributed by atoms with E-state index in [0.29, 0.717) is 0 Å². The summed E-state index contributed by atoms with van der Waals surface area (Å²) in [5, 5.41) is 2.58. The van der Waals surface area contributed by atoms with Gasteiger partial charge in [0.25, 0.3) is 0 Å². The van der Waals surface area contributed by atoms with Crippen molar-refractivity contribution in [3.63, 3.8) is 0 Å². The number of benzene rings is 8. The van der Waals surface area contributed by atoms with E-state index in [1.54, 1.807) is 0 Å². The largest absolute Gasteiger partial charge is 0.248 e. The fourth-order valence-electron chi connectivity index (χ4n) is 8.47. The summed E-state index contributed by atoms with van der Waals surface area (Å²) in [6.45, 7) is 0. The lowest BCUT2D eigenvalue weighted by atomic mass is 9.95. The van der Waals surface area contributed by atoms with Crippen LogP contribution in [0.3, 0.4) is 0 Å². The van der Waals surface area contributed by atoms with Gasteiger partial charge in [-0.05, 0) is 99.0 Å². The lowest BCUT2D eigenvalue weighted by molar-refractivity contribution is 1.32. The Morgan fingerprint density at radius 2 is 0.758 bits per heavy atom. The van der Waals surface area contributed by atoms with Gasteiger partial charge < -0.3 is 0 Å². The summed E-state index contributed by atoms with van der Waals surface area (Å²) in [7, 11) is 0. The lowest BCUT2D eigenvalue weighted by Crippen LogP contribution is -1.98. The molecule has 10 aromatic rings. The summed E-state index contributed by atoms with van der Waals surface area (Å²) in [6.07, 6.45) is 5.32. The monoisotopic (exact) mass is 808 g/mol. The van der Waals surface area contributed by atoms with Crippen molar-refractivity contribution in [2.45, 2.75) is 6.42 Å². The molecule has 0 N–H and O–H groups in total. The number of nitrogens with zero attached hydrogens (tertiary/aromatic N) is 2. The van der Waals surface area contributed by atoms with Gasteiger partial charge in [0.1, 0.15) is 0 Å². The molecule has 0 atom stereocenters. The summed E-state index contributed by atoms with van der Waals surface area (Å²) in [5.41, 5.74) is 18.0. The molecule has 62 heavy (non-hydrogen) atoms. The van der Waals surface area contributed by atoms with Gasteiger partial charge in [-0.1, -0.05) is 188 Å². The van der Waals surface area contributed by atoms with Gasteiger partial charge in [-0.15, -0.1) is 11.3 Å². The van der Waals surface area contributed by atoms with E-state index in [1.807, 2.05) is 23.5 Å². The Morgan fingerprint density at radius 3 is 1.26 bits per heavy atom. The molecule has 292 valence electrons. The van der Waals surface area contributed by atoms with Gasteiger partial charge >= 0.3 is 0 Å². The molecule has 2 nitrogen and oxygen atoms in total. The molecule has 0 spiro atoms. The first-order chi connectivity index (χ1) is 30.7. The summed E-state index contributed by atoms with van der Waals surface area (Å²) < 4.78 is 2.59. The van der Waals surface area contributed by atoms with E-state index in [4.69, 9.17) is 9.98 Å². The van der Waals surface area contributed by atoms with E-state index in [-0.39, 0.29) is 0 Å². The van der Waals surface area contributed by atoms with Gasteiger partial charge in [0.05, 0.1) is 22.8 Å². The van der Waals surface area contributed by atoms with Gasteiger partial charge in [0, 0.05) is 36.9 Å². The Kier molecular flexibility index (Phi) is 9.85. The van der Waals surface area contributed by atoms with Gasteiger partial charge in [0.2, 0.25) is 0 Å². The van der Waals surface area contributed by atoms with Crippen molar-refractivity contribution in [3.8, 4) is 55.9 Å². The predicted molar refractivity (Wildman–Crippen MR) is 264 cm³/mol. The highest BCUT2D eigenvalue weighted by Gasteiger charge is 2.15. The highest BCUT2D eigenvalue weighted by molar-refractivity contribution is 7.25. The van der Waals surface area contributed by atoms with Crippen LogP contribution in [-0.2, 0) is 0 Å².